The van der Waals surface area contributed by atoms with Crippen LogP contribution in [0.2, 0.25) is 0 Å². The van der Waals surface area contributed by atoms with Crippen molar-refractivity contribution in [3.63, 3.8) is 0 Å². The first-order valence-electron chi connectivity index (χ1n) is 6.49. The minimum atomic E-state index is 0.0548. The van der Waals surface area contributed by atoms with Gasteiger partial charge in [-0.3, -0.25) is 9.97 Å². The van der Waals surface area contributed by atoms with E-state index in [-0.39, 0.29) is 6.04 Å². The van der Waals surface area contributed by atoms with Crippen LogP contribution in [0.1, 0.15) is 23.9 Å². The van der Waals surface area contributed by atoms with Crippen molar-refractivity contribution in [1.29, 1.82) is 0 Å². The molecule has 2 aromatic heterocycles. The van der Waals surface area contributed by atoms with Crippen LogP contribution < -0.4 is 10.5 Å². The Balaban J connectivity index is 2.12. The fraction of sp³-hybridized carbons (Fsp3) is 0.333. The van der Waals surface area contributed by atoms with Crippen molar-refractivity contribution in [3.8, 4) is 5.75 Å². The molecule has 0 aliphatic heterocycles. The van der Waals surface area contributed by atoms with Gasteiger partial charge in [-0.25, -0.2) is 0 Å². The van der Waals surface area contributed by atoms with E-state index in [4.69, 9.17) is 10.5 Å². The molecule has 0 aliphatic rings. The highest BCUT2D eigenvalue weighted by Gasteiger charge is 2.09. The van der Waals surface area contributed by atoms with Crippen molar-refractivity contribution >= 4 is 15.9 Å². The number of aryl methyl sites for hydroxylation is 1. The Morgan fingerprint density at radius 1 is 1.35 bits per heavy atom. The van der Waals surface area contributed by atoms with Crippen LogP contribution in [0, 0.1) is 6.92 Å². The number of aromatic nitrogens is 2. The number of ether oxygens (including phenoxy) is 1. The average molecular weight is 336 g/mol. The van der Waals surface area contributed by atoms with Crippen LogP contribution in [0.15, 0.2) is 35.1 Å². The predicted octanol–water partition coefficient (Wildman–Crippen LogP) is 3.02. The van der Waals surface area contributed by atoms with Crippen LogP contribution in [0.25, 0.3) is 0 Å². The largest absolute Gasteiger partial charge is 0.487 e. The predicted molar refractivity (Wildman–Crippen MR) is 82.6 cm³/mol. The fourth-order valence-corrected chi connectivity index (χ4v) is 2.29. The summed E-state index contributed by atoms with van der Waals surface area (Å²) >= 11 is 3.40. The highest BCUT2D eigenvalue weighted by Crippen LogP contribution is 2.20. The van der Waals surface area contributed by atoms with Gasteiger partial charge in [0.2, 0.25) is 0 Å². The zero-order valence-electron chi connectivity index (χ0n) is 11.6. The van der Waals surface area contributed by atoms with E-state index in [1.807, 2.05) is 32.0 Å². The number of rotatable bonds is 5. The fourth-order valence-electron chi connectivity index (χ4n) is 1.88. The second kappa shape index (κ2) is 6.81. The molecular formula is C15H18BrN3O. The van der Waals surface area contributed by atoms with Gasteiger partial charge in [0.05, 0.1) is 5.69 Å². The molecule has 0 saturated heterocycles. The Morgan fingerprint density at radius 3 is 2.85 bits per heavy atom. The first kappa shape index (κ1) is 14.9. The Labute approximate surface area is 127 Å². The molecule has 2 aromatic rings. The van der Waals surface area contributed by atoms with Crippen molar-refractivity contribution in [2.75, 3.05) is 0 Å². The van der Waals surface area contributed by atoms with E-state index >= 15 is 0 Å². The van der Waals surface area contributed by atoms with Gasteiger partial charge in [0.15, 0.2) is 0 Å². The van der Waals surface area contributed by atoms with E-state index in [9.17, 15) is 0 Å². The third-order valence-corrected chi connectivity index (χ3v) is 3.18. The molecule has 2 heterocycles. The molecule has 106 valence electrons. The Kier molecular flexibility index (Phi) is 5.09. The van der Waals surface area contributed by atoms with Crippen molar-refractivity contribution < 1.29 is 4.74 Å². The molecule has 20 heavy (non-hydrogen) atoms. The smallest absolute Gasteiger partial charge is 0.141 e. The van der Waals surface area contributed by atoms with Crippen LogP contribution in [-0.2, 0) is 13.0 Å². The van der Waals surface area contributed by atoms with Crippen molar-refractivity contribution in [2.24, 2.45) is 5.73 Å². The van der Waals surface area contributed by atoms with Gasteiger partial charge in [-0.15, -0.1) is 0 Å². The van der Waals surface area contributed by atoms with Gasteiger partial charge < -0.3 is 10.5 Å². The van der Waals surface area contributed by atoms with Crippen LogP contribution >= 0.6 is 15.9 Å². The molecule has 0 spiro atoms. The lowest BCUT2D eigenvalue weighted by molar-refractivity contribution is 0.300. The molecule has 1 unspecified atom stereocenters. The maximum Gasteiger partial charge on any atom is 0.141 e. The number of halogens is 1. The zero-order chi connectivity index (χ0) is 14.5. The third-order valence-electron chi connectivity index (χ3n) is 2.74. The molecule has 4 nitrogen and oxygen atoms in total. The lowest BCUT2D eigenvalue weighted by Crippen LogP contribution is -2.19. The topological polar surface area (TPSA) is 61.0 Å². The Bertz CT molecular complexity index is 587. The number of pyridine rings is 2. The second-order valence-electron chi connectivity index (χ2n) is 4.88. The van der Waals surface area contributed by atoms with Gasteiger partial charge in [-0.2, -0.15) is 0 Å². The summed E-state index contributed by atoms with van der Waals surface area (Å²) in [5.74, 6) is 0.785. The standard InChI is InChI=1S/C15H18BrN3O/c1-10(17)5-14-15(4-3-11(2)19-14)20-9-12-6-13(16)8-18-7-12/h3-4,6-8,10H,5,9,17H2,1-2H3. The maximum atomic E-state index is 5.86. The normalized spacial score (nSPS) is 12.2. The molecular weight excluding hydrogens is 318 g/mol. The average Bonchev–Trinajstić information content (AvgIpc) is 2.37. The van der Waals surface area contributed by atoms with Crippen LogP contribution in [-0.4, -0.2) is 16.0 Å². The second-order valence-corrected chi connectivity index (χ2v) is 5.79. The van der Waals surface area contributed by atoms with Crippen LogP contribution in [0.3, 0.4) is 0 Å². The molecule has 0 fully saturated rings. The molecule has 2 N–H and O–H groups in total. The molecule has 0 amide bonds. The quantitative estimate of drug-likeness (QED) is 0.912. The summed E-state index contributed by atoms with van der Waals surface area (Å²) in [4.78, 5) is 8.63. The summed E-state index contributed by atoms with van der Waals surface area (Å²) in [6.07, 6.45) is 4.24. The van der Waals surface area contributed by atoms with Gasteiger partial charge in [0.25, 0.3) is 0 Å². The monoisotopic (exact) mass is 335 g/mol. The van der Waals surface area contributed by atoms with E-state index in [0.29, 0.717) is 13.0 Å². The summed E-state index contributed by atoms with van der Waals surface area (Å²) in [5.41, 5.74) is 8.74. The minimum absolute atomic E-state index is 0.0548. The lowest BCUT2D eigenvalue weighted by Gasteiger charge is -2.13. The van der Waals surface area contributed by atoms with E-state index in [0.717, 1.165) is 27.2 Å². The first-order valence-corrected chi connectivity index (χ1v) is 7.28. The molecule has 2 rings (SSSR count). The van der Waals surface area contributed by atoms with Gasteiger partial charge in [0, 0.05) is 40.6 Å². The maximum absolute atomic E-state index is 5.86. The van der Waals surface area contributed by atoms with Crippen molar-refractivity contribution in [2.45, 2.75) is 32.9 Å². The van der Waals surface area contributed by atoms with E-state index in [2.05, 4.69) is 25.9 Å². The van der Waals surface area contributed by atoms with Gasteiger partial charge in [-0.05, 0) is 48.0 Å². The van der Waals surface area contributed by atoms with Crippen molar-refractivity contribution in [1.82, 2.24) is 9.97 Å². The van der Waals surface area contributed by atoms with E-state index < -0.39 is 0 Å². The SMILES string of the molecule is Cc1ccc(OCc2cncc(Br)c2)c(CC(C)N)n1. The molecule has 0 radical (unpaired) electrons. The third kappa shape index (κ3) is 4.28. The van der Waals surface area contributed by atoms with Gasteiger partial charge in [-0.1, -0.05) is 0 Å². The van der Waals surface area contributed by atoms with Crippen LogP contribution in [0.5, 0.6) is 5.75 Å². The lowest BCUT2D eigenvalue weighted by atomic mass is 10.1. The number of nitrogens with zero attached hydrogens (tertiary/aromatic N) is 2. The molecule has 5 heteroatoms. The van der Waals surface area contributed by atoms with E-state index in [1.54, 1.807) is 12.4 Å². The number of hydrogen-bond donors (Lipinski definition) is 1. The highest BCUT2D eigenvalue weighted by atomic mass is 79.9. The van der Waals surface area contributed by atoms with Gasteiger partial charge >= 0.3 is 0 Å². The Morgan fingerprint density at radius 2 is 2.15 bits per heavy atom. The molecule has 0 aromatic carbocycles. The summed E-state index contributed by atoms with van der Waals surface area (Å²) in [5, 5.41) is 0. The first-order chi connectivity index (χ1) is 9.54. The number of nitrogens with two attached hydrogens (primary N) is 1. The zero-order valence-corrected chi connectivity index (χ0v) is 13.2. The summed E-state index contributed by atoms with van der Waals surface area (Å²) in [6, 6.07) is 5.93. The van der Waals surface area contributed by atoms with Crippen LogP contribution in [0.4, 0.5) is 0 Å². The minimum Gasteiger partial charge on any atom is -0.487 e. The summed E-state index contributed by atoms with van der Waals surface area (Å²) in [6.45, 7) is 4.39. The highest BCUT2D eigenvalue weighted by molar-refractivity contribution is 9.10. The van der Waals surface area contributed by atoms with Gasteiger partial charge in [0.1, 0.15) is 12.4 Å². The molecule has 0 aliphatic carbocycles. The van der Waals surface area contributed by atoms with E-state index in [1.165, 1.54) is 0 Å². The summed E-state index contributed by atoms with van der Waals surface area (Å²) in [7, 11) is 0. The molecule has 0 bridgehead atoms. The Hall–Kier alpha value is -1.46. The molecule has 1 atom stereocenters. The molecule has 0 saturated carbocycles. The van der Waals surface area contributed by atoms with Crippen molar-refractivity contribution in [3.05, 3.63) is 52.0 Å². The summed E-state index contributed by atoms with van der Waals surface area (Å²) < 4.78 is 6.80. The number of hydrogen-bond acceptors (Lipinski definition) is 4.